The predicted octanol–water partition coefficient (Wildman–Crippen LogP) is 5.77. The van der Waals surface area contributed by atoms with Gasteiger partial charge in [-0.25, -0.2) is 17.6 Å². The maximum absolute atomic E-state index is 13.6. The molecule has 1 heterocycles. The first-order valence-corrected chi connectivity index (χ1v) is 11.6. The summed E-state index contributed by atoms with van der Waals surface area (Å²) < 4.78 is 53.8. The molecular weight excluding hydrogens is 486 g/mol. The van der Waals surface area contributed by atoms with Gasteiger partial charge in [-0.05, 0) is 73.0 Å². The minimum Gasteiger partial charge on any atom is -0.390 e. The van der Waals surface area contributed by atoms with E-state index in [1.807, 2.05) is 0 Å². The molecule has 0 radical (unpaired) electrons. The molecule has 37 heavy (non-hydrogen) atoms. The molecule has 1 aromatic heterocycles. The molecule has 0 spiro atoms. The summed E-state index contributed by atoms with van der Waals surface area (Å²) in [4.78, 5) is 23.3. The Kier molecular flexibility index (Phi) is 9.68. The molecule has 0 aliphatic carbocycles. The molecule has 1 amide bonds. The number of rotatable bonds is 9. The van der Waals surface area contributed by atoms with E-state index in [1.54, 1.807) is 31.3 Å². The van der Waals surface area contributed by atoms with E-state index in [0.717, 1.165) is 5.56 Å². The Morgan fingerprint density at radius 2 is 1.57 bits per heavy atom. The van der Waals surface area contributed by atoms with Crippen molar-refractivity contribution in [2.24, 2.45) is 0 Å². The highest BCUT2D eigenvalue weighted by Gasteiger charge is 2.27. The largest absolute Gasteiger partial charge is 0.390 e. The quantitative estimate of drug-likeness (QED) is 0.369. The van der Waals surface area contributed by atoms with Crippen LogP contribution in [-0.4, -0.2) is 45.5 Å². The zero-order valence-electron chi connectivity index (χ0n) is 20.3. The number of carbonyl (C=O) groups excluding carboxylic acids is 1. The number of carbonyl (C=O) groups is 1. The molecule has 5 nitrogen and oxygen atoms in total. The SMILES string of the molecule is CN(Cc1ccc(F)cc1)C(=O)c1cccnc(-c2ccc(F)cc2)c(CCCC(F)(F)CO)ncc1. The monoisotopic (exact) mass is 513 g/mol. The van der Waals surface area contributed by atoms with Crippen molar-refractivity contribution in [3.05, 3.63) is 108 Å². The number of halogens is 4. The summed E-state index contributed by atoms with van der Waals surface area (Å²) in [7, 11) is 1.61. The van der Waals surface area contributed by atoms with E-state index >= 15 is 0 Å². The number of aliphatic hydroxyl groups excluding tert-OH is 1. The lowest BCUT2D eigenvalue weighted by Crippen LogP contribution is -2.26. The third kappa shape index (κ3) is 8.35. The summed E-state index contributed by atoms with van der Waals surface area (Å²) in [6, 6.07) is 16.0. The number of aliphatic hydroxyl groups is 1. The molecule has 3 aromatic rings. The van der Waals surface area contributed by atoms with Crippen LogP contribution in [0.2, 0.25) is 0 Å². The molecule has 2 aromatic carbocycles. The molecule has 0 atom stereocenters. The van der Waals surface area contributed by atoms with Crippen molar-refractivity contribution in [1.82, 2.24) is 14.9 Å². The number of hydrogen-bond donors (Lipinski definition) is 1. The third-order valence-corrected chi connectivity index (χ3v) is 5.56. The second kappa shape index (κ2) is 12.9. The molecule has 194 valence electrons. The van der Waals surface area contributed by atoms with Crippen LogP contribution in [0.5, 0.6) is 0 Å². The van der Waals surface area contributed by atoms with Crippen molar-refractivity contribution >= 4 is 5.91 Å². The summed E-state index contributed by atoms with van der Waals surface area (Å²) in [5.74, 6) is -4.32. The number of hydrogen-bond acceptors (Lipinski definition) is 4. The van der Waals surface area contributed by atoms with E-state index in [4.69, 9.17) is 5.11 Å². The fourth-order valence-electron chi connectivity index (χ4n) is 3.59. The van der Waals surface area contributed by atoms with Gasteiger partial charge in [-0.2, -0.15) is 0 Å². The number of aromatic nitrogens is 2. The molecule has 0 saturated carbocycles. The molecule has 1 N–H and O–H groups in total. The summed E-state index contributed by atoms with van der Waals surface area (Å²) in [6.07, 6.45) is 2.43. The Hall–Kier alpha value is -3.85. The van der Waals surface area contributed by atoms with Gasteiger partial charge in [0.05, 0.1) is 11.4 Å². The van der Waals surface area contributed by atoms with E-state index in [-0.39, 0.29) is 31.1 Å². The highest BCUT2D eigenvalue weighted by Crippen LogP contribution is 2.24. The summed E-state index contributed by atoms with van der Waals surface area (Å²) >= 11 is 0. The molecule has 3 rings (SSSR count). The Balaban J connectivity index is 1.93. The maximum Gasteiger partial charge on any atom is 0.270 e. The predicted molar refractivity (Wildman–Crippen MR) is 132 cm³/mol. The average Bonchev–Trinajstić information content (AvgIpc) is 2.88. The van der Waals surface area contributed by atoms with Gasteiger partial charge in [0.15, 0.2) is 0 Å². The smallest absolute Gasteiger partial charge is 0.270 e. The lowest BCUT2D eigenvalue weighted by atomic mass is 10.0. The van der Waals surface area contributed by atoms with Crippen LogP contribution >= 0.6 is 0 Å². The van der Waals surface area contributed by atoms with Gasteiger partial charge in [-0.1, -0.05) is 12.1 Å². The maximum atomic E-state index is 13.6. The van der Waals surface area contributed by atoms with Crippen LogP contribution in [0.1, 0.15) is 34.5 Å². The Morgan fingerprint density at radius 1 is 0.919 bits per heavy atom. The van der Waals surface area contributed by atoms with Crippen LogP contribution in [0.3, 0.4) is 0 Å². The molecular formula is C28H27F4N3O2. The van der Waals surface area contributed by atoms with E-state index < -0.39 is 24.8 Å². The third-order valence-electron chi connectivity index (χ3n) is 5.56. The lowest BCUT2D eigenvalue weighted by Gasteiger charge is -2.17. The van der Waals surface area contributed by atoms with Gasteiger partial charge in [-0.3, -0.25) is 14.8 Å². The highest BCUT2D eigenvalue weighted by molar-refractivity contribution is 5.93. The molecule has 0 aliphatic rings. The van der Waals surface area contributed by atoms with Crippen LogP contribution in [-0.2, 0) is 13.0 Å². The minimum atomic E-state index is -3.21. The Labute approximate surface area is 212 Å². The van der Waals surface area contributed by atoms with Crippen LogP contribution < -0.4 is 0 Å². The molecule has 0 bridgehead atoms. The average molecular weight is 514 g/mol. The fourth-order valence-corrected chi connectivity index (χ4v) is 3.59. The summed E-state index contributed by atoms with van der Waals surface area (Å²) in [5, 5.41) is 8.85. The lowest BCUT2D eigenvalue weighted by molar-refractivity contribution is -0.0574. The van der Waals surface area contributed by atoms with E-state index in [2.05, 4.69) is 9.97 Å². The molecule has 0 fully saturated rings. The molecule has 0 unspecified atom stereocenters. The molecule has 0 aliphatic heterocycles. The second-order valence-electron chi connectivity index (χ2n) is 8.49. The van der Waals surface area contributed by atoms with E-state index in [0.29, 0.717) is 22.5 Å². The fraction of sp³-hybridized carbons (Fsp3) is 0.250. The van der Waals surface area contributed by atoms with Gasteiger partial charge in [0, 0.05) is 43.5 Å². The first kappa shape index (κ1) is 27.7. The van der Waals surface area contributed by atoms with Crippen molar-refractivity contribution in [2.45, 2.75) is 31.7 Å². The Bertz CT molecular complexity index is 1250. The highest BCUT2D eigenvalue weighted by atomic mass is 19.3. The molecule has 9 heteroatoms. The number of nitrogens with zero attached hydrogens (tertiary/aromatic N) is 3. The van der Waals surface area contributed by atoms with Gasteiger partial charge < -0.3 is 10.0 Å². The first-order chi connectivity index (χ1) is 17.7. The second-order valence-corrected chi connectivity index (χ2v) is 8.49. The van der Waals surface area contributed by atoms with Crippen molar-refractivity contribution in [3.8, 4) is 11.3 Å². The van der Waals surface area contributed by atoms with Crippen molar-refractivity contribution in [2.75, 3.05) is 13.7 Å². The summed E-state index contributed by atoms with van der Waals surface area (Å²) in [5.41, 5.74) is 2.36. The minimum absolute atomic E-state index is 0.0200. The molecule has 0 saturated heterocycles. The van der Waals surface area contributed by atoms with Gasteiger partial charge >= 0.3 is 0 Å². The van der Waals surface area contributed by atoms with E-state index in [9.17, 15) is 22.4 Å². The van der Waals surface area contributed by atoms with Crippen LogP contribution in [0.15, 0.2) is 79.1 Å². The zero-order chi connectivity index (χ0) is 26.8. The standard InChI is InChI=1S/C28H27F4N3O2/c1-35(18-20-6-10-23(29)11-7-20)27(37)22-4-3-16-34-26(21-8-12-24(30)13-9-21)25(33-17-14-22)5-2-15-28(31,32)19-36/h3-4,6-14,16-17,36H,2,5,15,18-19H2,1H3. The van der Waals surface area contributed by atoms with Crippen molar-refractivity contribution < 1.29 is 27.5 Å². The number of benzene rings is 2. The van der Waals surface area contributed by atoms with Gasteiger partial charge in [0.2, 0.25) is 0 Å². The van der Waals surface area contributed by atoms with Crippen LogP contribution in [0.4, 0.5) is 17.6 Å². The van der Waals surface area contributed by atoms with Crippen molar-refractivity contribution in [3.63, 3.8) is 0 Å². The normalized spacial score (nSPS) is 11.1. The van der Waals surface area contributed by atoms with Crippen molar-refractivity contribution in [1.29, 1.82) is 0 Å². The van der Waals surface area contributed by atoms with E-state index in [1.165, 1.54) is 59.8 Å². The van der Waals surface area contributed by atoms with Crippen LogP contribution in [0.25, 0.3) is 11.3 Å². The van der Waals surface area contributed by atoms with Gasteiger partial charge in [0.1, 0.15) is 18.2 Å². The zero-order valence-corrected chi connectivity index (χ0v) is 20.3. The van der Waals surface area contributed by atoms with Gasteiger partial charge in [-0.15, -0.1) is 0 Å². The first-order valence-electron chi connectivity index (χ1n) is 11.6. The Morgan fingerprint density at radius 3 is 2.22 bits per heavy atom. The number of alkyl halides is 2. The summed E-state index contributed by atoms with van der Waals surface area (Å²) in [6.45, 7) is -0.989. The van der Waals surface area contributed by atoms with Gasteiger partial charge in [0.25, 0.3) is 11.8 Å². The van der Waals surface area contributed by atoms with Crippen LogP contribution in [0, 0.1) is 11.6 Å². The topological polar surface area (TPSA) is 66.3 Å². The number of amides is 1. The number of aryl methyl sites for hydroxylation is 1.